The maximum Gasteiger partial charge on any atom is 0.315 e. The van der Waals surface area contributed by atoms with E-state index in [1.54, 1.807) is 0 Å². The van der Waals surface area contributed by atoms with Crippen LogP contribution in [-0.2, 0) is 4.74 Å². The van der Waals surface area contributed by atoms with E-state index in [0.29, 0.717) is 24.8 Å². The van der Waals surface area contributed by atoms with Crippen LogP contribution in [0.4, 0.5) is 4.79 Å². The van der Waals surface area contributed by atoms with Crippen molar-refractivity contribution >= 4 is 6.03 Å². The van der Waals surface area contributed by atoms with Gasteiger partial charge in [0.15, 0.2) is 0 Å². The van der Waals surface area contributed by atoms with E-state index in [0.717, 1.165) is 13.0 Å². The van der Waals surface area contributed by atoms with E-state index in [9.17, 15) is 9.90 Å². The molecule has 0 bridgehead atoms. The zero-order chi connectivity index (χ0) is 14.9. The molecule has 1 aliphatic carbocycles. The molecule has 1 aliphatic heterocycles. The number of rotatable bonds is 5. The van der Waals surface area contributed by atoms with Crippen molar-refractivity contribution in [1.29, 1.82) is 0 Å². The van der Waals surface area contributed by atoms with Gasteiger partial charge in [-0.1, -0.05) is 27.7 Å². The first kappa shape index (κ1) is 15.6. The quantitative estimate of drug-likeness (QED) is 0.716. The van der Waals surface area contributed by atoms with Crippen LogP contribution in [0.25, 0.3) is 0 Å². The molecule has 2 amide bonds. The number of nitrogens with one attached hydrogen (secondary N) is 2. The second-order valence-corrected chi connectivity index (χ2v) is 7.18. The summed E-state index contributed by atoms with van der Waals surface area (Å²) in [6.07, 6.45) is 1.53. The minimum absolute atomic E-state index is 0.00491. The normalized spacial score (nSPS) is 32.4. The summed E-state index contributed by atoms with van der Waals surface area (Å²) in [4.78, 5) is 11.9. The lowest BCUT2D eigenvalue weighted by atomic mass is 9.57. The number of aliphatic hydroxyl groups is 1. The summed E-state index contributed by atoms with van der Waals surface area (Å²) >= 11 is 0. The Kier molecular flexibility index (Phi) is 4.59. The van der Waals surface area contributed by atoms with Crippen LogP contribution in [0.15, 0.2) is 0 Å². The average molecular weight is 284 g/mol. The highest BCUT2D eigenvalue weighted by molar-refractivity contribution is 5.74. The summed E-state index contributed by atoms with van der Waals surface area (Å²) in [5, 5.41) is 15.6. The first-order chi connectivity index (χ1) is 9.32. The van der Waals surface area contributed by atoms with Crippen LogP contribution in [0.2, 0.25) is 0 Å². The first-order valence-corrected chi connectivity index (χ1v) is 7.66. The molecule has 3 N–H and O–H groups in total. The van der Waals surface area contributed by atoms with Crippen LogP contribution >= 0.6 is 0 Å². The van der Waals surface area contributed by atoms with Crippen molar-refractivity contribution in [3.8, 4) is 0 Å². The molecule has 0 aromatic carbocycles. The Labute approximate surface area is 121 Å². The molecule has 0 radical (unpaired) electrons. The summed E-state index contributed by atoms with van der Waals surface area (Å²) in [5.41, 5.74) is -0.00491. The topological polar surface area (TPSA) is 70.6 Å². The fraction of sp³-hybridized carbons (Fsp3) is 0.933. The third-order valence-corrected chi connectivity index (χ3v) is 4.63. The van der Waals surface area contributed by atoms with Crippen LogP contribution in [0.3, 0.4) is 0 Å². The Balaban J connectivity index is 1.75. The number of aliphatic hydroxyl groups excluding tert-OH is 1. The SMILES string of the molecule is CC(C)CC(O)CNC(=O)NC1C2CCOC2C1(C)C. The van der Waals surface area contributed by atoms with Crippen molar-refractivity contribution < 1.29 is 14.6 Å². The Morgan fingerprint density at radius 1 is 1.45 bits per heavy atom. The van der Waals surface area contributed by atoms with Gasteiger partial charge < -0.3 is 20.5 Å². The monoisotopic (exact) mass is 284 g/mol. The fourth-order valence-electron chi connectivity index (χ4n) is 3.65. The first-order valence-electron chi connectivity index (χ1n) is 7.66. The number of amides is 2. The molecule has 4 unspecified atom stereocenters. The average Bonchev–Trinajstić information content (AvgIpc) is 2.79. The maximum atomic E-state index is 11.9. The molecule has 2 rings (SSSR count). The highest BCUT2D eigenvalue weighted by Gasteiger charge is 2.59. The molecule has 0 aromatic rings. The molecule has 4 atom stereocenters. The zero-order valence-corrected chi connectivity index (χ0v) is 13.0. The van der Waals surface area contributed by atoms with Gasteiger partial charge in [-0.15, -0.1) is 0 Å². The molecule has 5 heteroatoms. The molecule has 2 aliphatic rings. The van der Waals surface area contributed by atoms with E-state index in [2.05, 4.69) is 38.3 Å². The van der Waals surface area contributed by atoms with Gasteiger partial charge in [0.1, 0.15) is 0 Å². The predicted molar refractivity (Wildman–Crippen MR) is 77.4 cm³/mol. The zero-order valence-electron chi connectivity index (χ0n) is 13.0. The molecule has 1 heterocycles. The van der Waals surface area contributed by atoms with Crippen molar-refractivity contribution in [3.63, 3.8) is 0 Å². The van der Waals surface area contributed by atoms with E-state index >= 15 is 0 Å². The van der Waals surface area contributed by atoms with Crippen LogP contribution in [-0.4, -0.2) is 42.5 Å². The minimum atomic E-state index is -0.474. The largest absolute Gasteiger partial charge is 0.391 e. The molecular weight excluding hydrogens is 256 g/mol. The lowest BCUT2D eigenvalue weighted by Crippen LogP contribution is -2.67. The van der Waals surface area contributed by atoms with E-state index in [-0.39, 0.29) is 23.6 Å². The van der Waals surface area contributed by atoms with Crippen LogP contribution in [0.1, 0.15) is 40.5 Å². The van der Waals surface area contributed by atoms with Crippen molar-refractivity contribution in [3.05, 3.63) is 0 Å². The van der Waals surface area contributed by atoms with Gasteiger partial charge in [0.05, 0.1) is 12.2 Å². The number of ether oxygens (including phenoxy) is 1. The standard InChI is InChI=1S/C15H28N2O3/c1-9(2)7-10(18)8-16-14(19)17-12-11-5-6-20-13(11)15(12,3)4/h9-13,18H,5-8H2,1-4H3,(H2,16,17,19). The molecular formula is C15H28N2O3. The van der Waals surface area contributed by atoms with E-state index in [1.165, 1.54) is 0 Å². The van der Waals surface area contributed by atoms with E-state index in [1.807, 2.05) is 0 Å². The molecule has 1 saturated heterocycles. The van der Waals surface area contributed by atoms with Crippen LogP contribution in [0, 0.1) is 17.3 Å². The smallest absolute Gasteiger partial charge is 0.315 e. The maximum absolute atomic E-state index is 11.9. The summed E-state index contributed by atoms with van der Waals surface area (Å²) in [6, 6.07) is -0.0199. The number of carbonyl (C=O) groups is 1. The van der Waals surface area contributed by atoms with Crippen molar-refractivity contribution in [2.24, 2.45) is 17.3 Å². The van der Waals surface area contributed by atoms with Gasteiger partial charge >= 0.3 is 6.03 Å². The summed E-state index contributed by atoms with van der Waals surface area (Å²) in [7, 11) is 0. The van der Waals surface area contributed by atoms with Gasteiger partial charge in [-0.2, -0.15) is 0 Å². The molecule has 0 aromatic heterocycles. The lowest BCUT2D eigenvalue weighted by Gasteiger charge is -2.54. The molecule has 5 nitrogen and oxygen atoms in total. The molecule has 2 fully saturated rings. The number of hydrogen-bond acceptors (Lipinski definition) is 3. The van der Waals surface area contributed by atoms with Gasteiger partial charge in [-0.05, 0) is 18.8 Å². The predicted octanol–water partition coefficient (Wildman–Crippen LogP) is 1.51. The molecule has 116 valence electrons. The van der Waals surface area contributed by atoms with Crippen molar-refractivity contribution in [1.82, 2.24) is 10.6 Å². The van der Waals surface area contributed by atoms with Gasteiger partial charge in [0.2, 0.25) is 0 Å². The number of hydrogen-bond donors (Lipinski definition) is 3. The van der Waals surface area contributed by atoms with E-state index < -0.39 is 6.10 Å². The second kappa shape index (κ2) is 5.90. The number of fused-ring (bicyclic) bond motifs is 1. The Morgan fingerprint density at radius 2 is 2.15 bits per heavy atom. The fourth-order valence-corrected chi connectivity index (χ4v) is 3.65. The van der Waals surface area contributed by atoms with Crippen LogP contribution < -0.4 is 10.6 Å². The van der Waals surface area contributed by atoms with Gasteiger partial charge in [-0.3, -0.25) is 0 Å². The third-order valence-electron chi connectivity index (χ3n) is 4.63. The number of carbonyl (C=O) groups excluding carboxylic acids is 1. The molecule has 20 heavy (non-hydrogen) atoms. The Morgan fingerprint density at radius 3 is 2.80 bits per heavy atom. The second-order valence-electron chi connectivity index (χ2n) is 7.18. The van der Waals surface area contributed by atoms with Gasteiger partial charge in [0.25, 0.3) is 0 Å². The summed E-state index contributed by atoms with van der Waals surface area (Å²) in [6.45, 7) is 9.49. The lowest BCUT2D eigenvalue weighted by molar-refractivity contribution is -0.108. The van der Waals surface area contributed by atoms with Gasteiger partial charge in [-0.25, -0.2) is 4.79 Å². The third kappa shape index (κ3) is 3.09. The minimum Gasteiger partial charge on any atom is -0.391 e. The summed E-state index contributed by atoms with van der Waals surface area (Å²) in [5.74, 6) is 0.869. The van der Waals surface area contributed by atoms with Crippen molar-refractivity contribution in [2.75, 3.05) is 13.2 Å². The highest BCUT2D eigenvalue weighted by Crippen LogP contribution is 2.51. The van der Waals surface area contributed by atoms with Gasteiger partial charge in [0, 0.05) is 30.5 Å². The Bertz CT molecular complexity index is 357. The van der Waals surface area contributed by atoms with E-state index in [4.69, 9.17) is 4.74 Å². The number of urea groups is 1. The molecule has 0 spiro atoms. The molecule has 1 saturated carbocycles. The van der Waals surface area contributed by atoms with Crippen molar-refractivity contribution in [2.45, 2.75) is 58.8 Å². The summed E-state index contributed by atoms with van der Waals surface area (Å²) < 4.78 is 5.71. The van der Waals surface area contributed by atoms with Crippen LogP contribution in [0.5, 0.6) is 0 Å². The Hall–Kier alpha value is -0.810. The highest BCUT2D eigenvalue weighted by atomic mass is 16.5.